The molecular formula is C12H19N. The smallest absolute Gasteiger partial charge is 0.0233 e. The molecule has 72 valence electrons. The van der Waals surface area contributed by atoms with Crippen LogP contribution in [0, 0.1) is 0 Å². The van der Waals surface area contributed by atoms with E-state index in [0.29, 0.717) is 0 Å². The fourth-order valence-electron chi connectivity index (χ4n) is 1.58. The third-order valence-electron chi connectivity index (χ3n) is 2.72. The maximum atomic E-state index is 3.79. The van der Waals surface area contributed by atoms with Gasteiger partial charge in [0.15, 0.2) is 0 Å². The zero-order valence-corrected chi connectivity index (χ0v) is 8.50. The molecule has 0 aromatic carbocycles. The molecule has 1 aliphatic rings. The molecule has 0 atom stereocenters. The molecule has 0 aromatic heterocycles. The first-order valence-corrected chi connectivity index (χ1v) is 4.92. The number of nitrogens with zero attached hydrogens (tertiary/aromatic N) is 1. The van der Waals surface area contributed by atoms with Gasteiger partial charge in [-0.25, -0.2) is 0 Å². The molecule has 1 heteroatoms. The van der Waals surface area contributed by atoms with Gasteiger partial charge in [-0.3, -0.25) is 4.90 Å². The summed E-state index contributed by atoms with van der Waals surface area (Å²) in [4.78, 5) is 2.40. The van der Waals surface area contributed by atoms with E-state index in [0.717, 1.165) is 12.6 Å². The highest BCUT2D eigenvalue weighted by Gasteiger charge is 2.21. The average molecular weight is 177 g/mol. The van der Waals surface area contributed by atoms with Crippen LogP contribution in [0.1, 0.15) is 19.3 Å². The van der Waals surface area contributed by atoms with E-state index in [1.54, 1.807) is 0 Å². The van der Waals surface area contributed by atoms with Crippen molar-refractivity contribution in [1.29, 1.82) is 0 Å². The molecule has 1 nitrogen and oxygen atoms in total. The summed E-state index contributed by atoms with van der Waals surface area (Å²) >= 11 is 0. The van der Waals surface area contributed by atoms with Crippen LogP contribution >= 0.6 is 0 Å². The van der Waals surface area contributed by atoms with Gasteiger partial charge < -0.3 is 0 Å². The number of hydrogen-bond acceptors (Lipinski definition) is 1. The first-order chi connectivity index (χ1) is 6.27. The summed E-state index contributed by atoms with van der Waals surface area (Å²) in [6.07, 6.45) is 9.87. The Bertz CT molecular complexity index is 211. The summed E-state index contributed by atoms with van der Waals surface area (Å²) in [6.45, 7) is 8.49. The third-order valence-corrected chi connectivity index (χ3v) is 2.72. The lowest BCUT2D eigenvalue weighted by atomic mass is 9.91. The van der Waals surface area contributed by atoms with E-state index in [4.69, 9.17) is 0 Å². The predicted molar refractivity (Wildman–Crippen MR) is 58.7 cm³/mol. The van der Waals surface area contributed by atoms with Crippen molar-refractivity contribution < 1.29 is 0 Å². The molecular weight excluding hydrogens is 158 g/mol. The molecule has 0 heterocycles. The van der Waals surface area contributed by atoms with Crippen molar-refractivity contribution in [3.63, 3.8) is 0 Å². The SMILES string of the molecule is C=C/C=C(\C=C)CN(C)C1CCC1. The summed E-state index contributed by atoms with van der Waals surface area (Å²) in [5.41, 5.74) is 1.25. The Morgan fingerprint density at radius 2 is 2.15 bits per heavy atom. The molecule has 0 spiro atoms. The van der Waals surface area contributed by atoms with Crippen LogP contribution in [-0.2, 0) is 0 Å². The fraction of sp³-hybridized carbons (Fsp3) is 0.500. The van der Waals surface area contributed by atoms with Crippen LogP contribution in [0.25, 0.3) is 0 Å². The Hall–Kier alpha value is -0.820. The van der Waals surface area contributed by atoms with Gasteiger partial charge in [-0.15, -0.1) is 0 Å². The molecule has 0 unspecified atom stereocenters. The van der Waals surface area contributed by atoms with Gasteiger partial charge in [0.2, 0.25) is 0 Å². The fourth-order valence-corrected chi connectivity index (χ4v) is 1.58. The first-order valence-electron chi connectivity index (χ1n) is 4.92. The van der Waals surface area contributed by atoms with Crippen molar-refractivity contribution in [1.82, 2.24) is 4.90 Å². The average Bonchev–Trinajstić information content (AvgIpc) is 2.00. The second-order valence-electron chi connectivity index (χ2n) is 3.68. The first kappa shape index (κ1) is 10.3. The van der Waals surface area contributed by atoms with Crippen molar-refractivity contribution in [2.24, 2.45) is 0 Å². The topological polar surface area (TPSA) is 3.24 Å². The van der Waals surface area contributed by atoms with Crippen LogP contribution in [0.3, 0.4) is 0 Å². The van der Waals surface area contributed by atoms with E-state index in [2.05, 4.69) is 25.1 Å². The van der Waals surface area contributed by atoms with Crippen molar-refractivity contribution in [2.45, 2.75) is 25.3 Å². The van der Waals surface area contributed by atoms with Gasteiger partial charge in [0.1, 0.15) is 0 Å². The number of rotatable bonds is 5. The van der Waals surface area contributed by atoms with E-state index < -0.39 is 0 Å². The van der Waals surface area contributed by atoms with E-state index in [9.17, 15) is 0 Å². The van der Waals surface area contributed by atoms with E-state index in [1.165, 1.54) is 24.8 Å². The Kier molecular flexibility index (Phi) is 3.97. The van der Waals surface area contributed by atoms with Crippen molar-refractivity contribution >= 4 is 0 Å². The van der Waals surface area contributed by atoms with Crippen LogP contribution < -0.4 is 0 Å². The second kappa shape index (κ2) is 5.03. The molecule has 0 radical (unpaired) electrons. The lowest BCUT2D eigenvalue weighted by molar-refractivity contribution is 0.173. The minimum absolute atomic E-state index is 0.799. The molecule has 0 amide bonds. The number of hydrogen-bond donors (Lipinski definition) is 0. The number of allylic oxidation sites excluding steroid dienone is 2. The third kappa shape index (κ3) is 2.85. The van der Waals surface area contributed by atoms with Crippen LogP contribution in [0.15, 0.2) is 37.0 Å². The Balaban J connectivity index is 2.40. The van der Waals surface area contributed by atoms with E-state index in [-0.39, 0.29) is 0 Å². The van der Waals surface area contributed by atoms with Crippen molar-refractivity contribution in [3.05, 3.63) is 37.0 Å². The monoisotopic (exact) mass is 177 g/mol. The zero-order valence-electron chi connectivity index (χ0n) is 8.50. The molecule has 0 bridgehead atoms. The molecule has 0 saturated heterocycles. The van der Waals surface area contributed by atoms with Gasteiger partial charge in [0, 0.05) is 12.6 Å². The minimum atomic E-state index is 0.799. The standard InChI is InChI=1S/C12H19N/c1-4-7-11(5-2)10-13(3)12-8-6-9-12/h4-5,7,12H,1-2,6,8-10H2,3H3/b11-7+. The van der Waals surface area contributed by atoms with Crippen LogP contribution in [0.4, 0.5) is 0 Å². The zero-order chi connectivity index (χ0) is 9.68. The summed E-state index contributed by atoms with van der Waals surface area (Å²) in [5.74, 6) is 0. The molecule has 0 aliphatic heterocycles. The molecule has 1 saturated carbocycles. The van der Waals surface area contributed by atoms with Gasteiger partial charge in [-0.05, 0) is 25.5 Å². The van der Waals surface area contributed by atoms with Gasteiger partial charge in [0.05, 0.1) is 0 Å². The van der Waals surface area contributed by atoms with Crippen molar-refractivity contribution in [2.75, 3.05) is 13.6 Å². The van der Waals surface area contributed by atoms with E-state index in [1.807, 2.05) is 18.2 Å². The predicted octanol–water partition coefficient (Wildman–Crippen LogP) is 2.77. The van der Waals surface area contributed by atoms with Crippen LogP contribution in [0.2, 0.25) is 0 Å². The van der Waals surface area contributed by atoms with Gasteiger partial charge >= 0.3 is 0 Å². The van der Waals surface area contributed by atoms with Crippen LogP contribution in [0.5, 0.6) is 0 Å². The molecule has 1 fully saturated rings. The molecule has 1 rings (SSSR count). The Labute approximate surface area is 81.4 Å². The lowest BCUT2D eigenvalue weighted by Crippen LogP contribution is -2.38. The van der Waals surface area contributed by atoms with Gasteiger partial charge in [-0.1, -0.05) is 37.8 Å². The summed E-state index contributed by atoms with van der Waals surface area (Å²) < 4.78 is 0. The van der Waals surface area contributed by atoms with E-state index >= 15 is 0 Å². The lowest BCUT2D eigenvalue weighted by Gasteiger charge is -2.34. The van der Waals surface area contributed by atoms with Crippen LogP contribution in [-0.4, -0.2) is 24.5 Å². The minimum Gasteiger partial charge on any atom is -0.299 e. The van der Waals surface area contributed by atoms with Gasteiger partial charge in [0.25, 0.3) is 0 Å². The largest absolute Gasteiger partial charge is 0.299 e. The molecule has 13 heavy (non-hydrogen) atoms. The van der Waals surface area contributed by atoms with Crippen molar-refractivity contribution in [3.8, 4) is 0 Å². The highest BCUT2D eigenvalue weighted by atomic mass is 15.1. The molecule has 0 N–H and O–H groups in total. The quantitative estimate of drug-likeness (QED) is 0.584. The highest BCUT2D eigenvalue weighted by molar-refractivity contribution is 5.22. The maximum absolute atomic E-state index is 3.79. The maximum Gasteiger partial charge on any atom is 0.0233 e. The second-order valence-corrected chi connectivity index (χ2v) is 3.68. The molecule has 0 aromatic rings. The summed E-state index contributed by atoms with van der Waals surface area (Å²) in [7, 11) is 2.18. The highest BCUT2D eigenvalue weighted by Crippen LogP contribution is 2.24. The normalized spacial score (nSPS) is 18.5. The molecule has 1 aliphatic carbocycles. The van der Waals surface area contributed by atoms with Gasteiger partial charge in [-0.2, -0.15) is 0 Å². The Morgan fingerprint density at radius 1 is 1.46 bits per heavy atom. The summed E-state index contributed by atoms with van der Waals surface area (Å²) in [5, 5.41) is 0. The summed E-state index contributed by atoms with van der Waals surface area (Å²) in [6, 6.07) is 0.799. The number of likely N-dealkylation sites (N-methyl/N-ethyl adjacent to an activating group) is 1. The Morgan fingerprint density at radius 3 is 2.54 bits per heavy atom.